The van der Waals surface area contributed by atoms with E-state index >= 15 is 0 Å². The molecule has 2 rings (SSSR count). The molecule has 21 heavy (non-hydrogen) atoms. The fraction of sp³-hybridized carbons (Fsp3) is 0.467. The van der Waals surface area contributed by atoms with Gasteiger partial charge in [-0.05, 0) is 25.0 Å². The summed E-state index contributed by atoms with van der Waals surface area (Å²) in [4.78, 5) is 22.7. The van der Waals surface area contributed by atoms with Crippen LogP contribution in [0.5, 0.6) is 11.5 Å². The lowest BCUT2D eigenvalue weighted by Gasteiger charge is -2.14. The number of nitrogens with one attached hydrogen (secondary N) is 1. The Morgan fingerprint density at radius 1 is 1.52 bits per heavy atom. The maximum absolute atomic E-state index is 11.8. The minimum Gasteiger partial charge on any atom is -0.493 e. The molecule has 1 unspecified atom stereocenters. The van der Waals surface area contributed by atoms with E-state index in [0.717, 1.165) is 19.4 Å². The van der Waals surface area contributed by atoms with Crippen LogP contribution in [0.15, 0.2) is 18.2 Å². The third kappa shape index (κ3) is 4.19. The van der Waals surface area contributed by atoms with Crippen LogP contribution in [0.3, 0.4) is 0 Å². The second-order valence-corrected chi connectivity index (χ2v) is 4.72. The fourth-order valence-corrected chi connectivity index (χ4v) is 2.16. The number of aldehydes is 1. The molecule has 1 saturated heterocycles. The first-order chi connectivity index (χ1) is 10.2. The predicted molar refractivity (Wildman–Crippen MR) is 75.9 cm³/mol. The van der Waals surface area contributed by atoms with Crippen molar-refractivity contribution >= 4 is 12.2 Å². The second-order valence-electron chi connectivity index (χ2n) is 4.72. The zero-order valence-electron chi connectivity index (χ0n) is 12.0. The summed E-state index contributed by atoms with van der Waals surface area (Å²) in [6.07, 6.45) is 2.75. The molecule has 6 nitrogen and oxygen atoms in total. The van der Waals surface area contributed by atoms with Crippen molar-refractivity contribution in [3.8, 4) is 11.5 Å². The van der Waals surface area contributed by atoms with Gasteiger partial charge in [-0.25, -0.2) is 0 Å². The number of rotatable bonds is 7. The van der Waals surface area contributed by atoms with E-state index in [4.69, 9.17) is 14.2 Å². The normalized spacial score (nSPS) is 17.3. The van der Waals surface area contributed by atoms with E-state index in [-0.39, 0.29) is 24.4 Å². The highest BCUT2D eigenvalue weighted by Gasteiger charge is 2.17. The van der Waals surface area contributed by atoms with Gasteiger partial charge in [0, 0.05) is 13.2 Å². The molecule has 6 heteroatoms. The van der Waals surface area contributed by atoms with E-state index in [1.165, 1.54) is 7.11 Å². The Morgan fingerprint density at radius 3 is 3.05 bits per heavy atom. The van der Waals surface area contributed by atoms with Gasteiger partial charge in [-0.15, -0.1) is 0 Å². The molecule has 1 fully saturated rings. The molecule has 1 aromatic rings. The Hall–Kier alpha value is -2.08. The molecule has 0 saturated carbocycles. The van der Waals surface area contributed by atoms with Crippen LogP contribution in [0.4, 0.5) is 0 Å². The van der Waals surface area contributed by atoms with E-state index < -0.39 is 0 Å². The molecule has 1 heterocycles. The third-order valence-electron chi connectivity index (χ3n) is 3.25. The summed E-state index contributed by atoms with van der Waals surface area (Å²) in [7, 11) is 1.48. The summed E-state index contributed by atoms with van der Waals surface area (Å²) in [5.74, 6) is 0.446. The van der Waals surface area contributed by atoms with Gasteiger partial charge in [0.1, 0.15) is 0 Å². The van der Waals surface area contributed by atoms with Crippen LogP contribution in [-0.4, -0.2) is 45.2 Å². The number of methoxy groups -OCH3 is 1. The Bertz CT molecular complexity index is 497. The molecule has 1 aromatic carbocycles. The maximum Gasteiger partial charge on any atom is 0.258 e. The molecular formula is C15H19NO5. The Labute approximate surface area is 123 Å². The minimum atomic E-state index is -0.256. The molecule has 1 aliphatic heterocycles. The smallest absolute Gasteiger partial charge is 0.258 e. The first-order valence-corrected chi connectivity index (χ1v) is 6.88. The lowest BCUT2D eigenvalue weighted by atomic mass is 10.2. The standard InChI is InChI=1S/C15H19NO5/c1-19-13-6-2-4-11(9-17)15(13)21-10-14(18)16-8-12-5-3-7-20-12/h2,4,6,9,12H,3,5,7-8,10H2,1H3,(H,16,18). The number of carbonyl (C=O) groups excluding carboxylic acids is 2. The Kier molecular flexibility index (Phi) is 5.57. The van der Waals surface area contributed by atoms with Gasteiger partial charge in [-0.1, -0.05) is 6.07 Å². The molecule has 0 bridgehead atoms. The van der Waals surface area contributed by atoms with Gasteiger partial charge < -0.3 is 19.5 Å². The van der Waals surface area contributed by atoms with Gasteiger partial charge in [0.25, 0.3) is 5.91 Å². The SMILES string of the molecule is COc1cccc(C=O)c1OCC(=O)NCC1CCCO1. The van der Waals surface area contributed by atoms with Gasteiger partial charge >= 0.3 is 0 Å². The van der Waals surface area contributed by atoms with E-state index in [1.807, 2.05) is 0 Å². The first-order valence-electron chi connectivity index (χ1n) is 6.88. The second kappa shape index (κ2) is 7.64. The quantitative estimate of drug-likeness (QED) is 0.764. The van der Waals surface area contributed by atoms with Crippen LogP contribution in [0.2, 0.25) is 0 Å². The lowest BCUT2D eigenvalue weighted by molar-refractivity contribution is -0.123. The first kappa shape index (κ1) is 15.3. The zero-order chi connectivity index (χ0) is 15.1. The molecule has 114 valence electrons. The number of carbonyl (C=O) groups is 2. The molecule has 0 aliphatic carbocycles. The highest BCUT2D eigenvalue weighted by molar-refractivity contribution is 5.82. The molecule has 0 aromatic heterocycles. The summed E-state index contributed by atoms with van der Waals surface area (Å²) in [5.41, 5.74) is 0.348. The number of para-hydroxylation sites is 1. The van der Waals surface area contributed by atoms with E-state index in [0.29, 0.717) is 24.1 Å². The highest BCUT2D eigenvalue weighted by atomic mass is 16.5. The lowest BCUT2D eigenvalue weighted by Crippen LogP contribution is -2.35. The minimum absolute atomic E-state index is 0.0887. The Morgan fingerprint density at radius 2 is 2.38 bits per heavy atom. The molecule has 0 spiro atoms. The summed E-state index contributed by atoms with van der Waals surface area (Å²) in [6, 6.07) is 4.97. The van der Waals surface area contributed by atoms with Gasteiger partial charge in [-0.3, -0.25) is 9.59 Å². The average molecular weight is 293 g/mol. The van der Waals surface area contributed by atoms with Crippen LogP contribution in [0.1, 0.15) is 23.2 Å². The van der Waals surface area contributed by atoms with Crippen LogP contribution >= 0.6 is 0 Å². The number of ether oxygens (including phenoxy) is 3. The van der Waals surface area contributed by atoms with Crippen LogP contribution in [0, 0.1) is 0 Å². The molecule has 1 N–H and O–H groups in total. The largest absolute Gasteiger partial charge is 0.493 e. The van der Waals surface area contributed by atoms with Crippen LogP contribution in [-0.2, 0) is 9.53 Å². The van der Waals surface area contributed by atoms with Crippen molar-refractivity contribution in [2.75, 3.05) is 26.9 Å². The zero-order valence-corrected chi connectivity index (χ0v) is 12.0. The average Bonchev–Trinajstić information content (AvgIpc) is 3.03. The summed E-state index contributed by atoms with van der Waals surface area (Å²) < 4.78 is 16.0. The van der Waals surface area contributed by atoms with Gasteiger partial charge in [0.15, 0.2) is 24.4 Å². The summed E-state index contributed by atoms with van der Waals surface area (Å²) >= 11 is 0. The van der Waals surface area contributed by atoms with Gasteiger partial charge in [0.2, 0.25) is 0 Å². The van der Waals surface area contributed by atoms with Crippen LogP contribution < -0.4 is 14.8 Å². The van der Waals surface area contributed by atoms with Crippen molar-refractivity contribution in [1.82, 2.24) is 5.32 Å². The number of hydrogen-bond acceptors (Lipinski definition) is 5. The molecule has 1 atom stereocenters. The van der Waals surface area contributed by atoms with Crippen molar-refractivity contribution in [2.24, 2.45) is 0 Å². The van der Waals surface area contributed by atoms with Crippen molar-refractivity contribution < 1.29 is 23.8 Å². The van der Waals surface area contributed by atoms with Crippen molar-refractivity contribution in [3.63, 3.8) is 0 Å². The van der Waals surface area contributed by atoms with Gasteiger partial charge in [0.05, 0.1) is 18.8 Å². The molecule has 0 radical (unpaired) electrons. The van der Waals surface area contributed by atoms with Crippen LogP contribution in [0.25, 0.3) is 0 Å². The Balaban J connectivity index is 1.86. The molecule has 1 aliphatic rings. The van der Waals surface area contributed by atoms with Crippen molar-refractivity contribution in [3.05, 3.63) is 23.8 Å². The topological polar surface area (TPSA) is 73.9 Å². The van der Waals surface area contributed by atoms with Crippen molar-refractivity contribution in [2.45, 2.75) is 18.9 Å². The van der Waals surface area contributed by atoms with E-state index in [1.54, 1.807) is 18.2 Å². The maximum atomic E-state index is 11.8. The number of amides is 1. The number of hydrogen-bond donors (Lipinski definition) is 1. The predicted octanol–water partition coefficient (Wildman–Crippen LogP) is 1.18. The van der Waals surface area contributed by atoms with E-state index in [9.17, 15) is 9.59 Å². The summed E-state index contributed by atoms with van der Waals surface area (Å²) in [5, 5.41) is 2.75. The molecule has 1 amide bonds. The monoisotopic (exact) mass is 293 g/mol. The summed E-state index contributed by atoms with van der Waals surface area (Å²) in [6.45, 7) is 1.06. The fourth-order valence-electron chi connectivity index (χ4n) is 2.16. The molecular weight excluding hydrogens is 274 g/mol. The highest BCUT2D eigenvalue weighted by Crippen LogP contribution is 2.29. The van der Waals surface area contributed by atoms with Gasteiger partial charge in [-0.2, -0.15) is 0 Å². The van der Waals surface area contributed by atoms with E-state index in [2.05, 4.69) is 5.32 Å². The third-order valence-corrected chi connectivity index (χ3v) is 3.25. The number of benzene rings is 1. The van der Waals surface area contributed by atoms with Crippen molar-refractivity contribution in [1.29, 1.82) is 0 Å².